The Balaban J connectivity index is 2.63. The van der Waals surface area contributed by atoms with Gasteiger partial charge >= 0.3 is 0 Å². The van der Waals surface area contributed by atoms with Crippen molar-refractivity contribution in [2.24, 2.45) is 0 Å². The van der Waals surface area contributed by atoms with E-state index in [1.54, 1.807) is 0 Å². The zero-order valence-electron chi connectivity index (χ0n) is 9.37. The number of nitrogens with zero attached hydrogens (tertiary/aromatic N) is 2. The Morgan fingerprint density at radius 2 is 2.18 bits per heavy atom. The van der Waals surface area contributed by atoms with Gasteiger partial charge in [0.2, 0.25) is 0 Å². The summed E-state index contributed by atoms with van der Waals surface area (Å²) < 4.78 is 3.34. The van der Waals surface area contributed by atoms with Crippen LogP contribution in [0.4, 0.5) is 0 Å². The van der Waals surface area contributed by atoms with Crippen LogP contribution in [0.15, 0.2) is 22.7 Å². The van der Waals surface area contributed by atoms with E-state index in [1.165, 1.54) is 0 Å². The molecule has 0 aliphatic carbocycles. The van der Waals surface area contributed by atoms with Crippen LogP contribution in [0.25, 0.3) is 5.69 Å². The Morgan fingerprint density at radius 1 is 1.47 bits per heavy atom. The van der Waals surface area contributed by atoms with Crippen LogP contribution >= 0.6 is 39.7 Å². The number of aromatic amines is 1. The highest BCUT2D eigenvalue weighted by Gasteiger charge is 2.12. The summed E-state index contributed by atoms with van der Waals surface area (Å²) in [4.78, 5) is 0. The summed E-state index contributed by atoms with van der Waals surface area (Å²) in [7, 11) is 0. The Kier molecular flexibility index (Phi) is 3.70. The maximum absolute atomic E-state index is 6.09. The summed E-state index contributed by atoms with van der Waals surface area (Å²) in [5.74, 6) is 1.18. The lowest BCUT2D eigenvalue weighted by atomic mass is 10.2. The lowest BCUT2D eigenvalue weighted by Gasteiger charge is -2.09. The monoisotopic (exact) mass is 331 g/mol. The summed E-state index contributed by atoms with van der Waals surface area (Å²) in [6.07, 6.45) is 0. The second-order valence-corrected chi connectivity index (χ2v) is 5.62. The maximum Gasteiger partial charge on any atom is 0.199 e. The molecule has 1 N–H and O–H groups in total. The first-order valence-corrected chi connectivity index (χ1v) is 6.71. The van der Waals surface area contributed by atoms with Gasteiger partial charge in [-0.15, -0.1) is 0 Å². The Morgan fingerprint density at radius 3 is 2.76 bits per heavy atom. The van der Waals surface area contributed by atoms with Crippen molar-refractivity contribution in [2.75, 3.05) is 0 Å². The predicted molar refractivity (Wildman–Crippen MR) is 75.5 cm³/mol. The molecule has 3 nitrogen and oxygen atoms in total. The molecule has 2 aromatic rings. The highest BCUT2D eigenvalue weighted by Crippen LogP contribution is 2.26. The zero-order valence-corrected chi connectivity index (χ0v) is 12.5. The summed E-state index contributed by atoms with van der Waals surface area (Å²) >= 11 is 14.7. The standard InChI is InChI=1S/C11H11BrClN3S/c1-6(2)10-14-15-11(17)16(10)7-3-4-8(12)9(13)5-7/h3-6H,1-2H3,(H,15,17). The Hall–Kier alpha value is -0.650. The molecule has 17 heavy (non-hydrogen) atoms. The number of halogens is 2. The third-order valence-electron chi connectivity index (χ3n) is 2.38. The fourth-order valence-electron chi connectivity index (χ4n) is 1.57. The van der Waals surface area contributed by atoms with Gasteiger partial charge in [0.25, 0.3) is 0 Å². The fourth-order valence-corrected chi connectivity index (χ4v) is 2.24. The molecule has 0 spiro atoms. The lowest BCUT2D eigenvalue weighted by Crippen LogP contribution is -2.03. The second kappa shape index (κ2) is 4.92. The van der Waals surface area contributed by atoms with E-state index < -0.39 is 0 Å². The van der Waals surface area contributed by atoms with E-state index in [2.05, 4.69) is 40.0 Å². The van der Waals surface area contributed by atoms with Gasteiger partial charge in [0, 0.05) is 10.4 Å². The number of hydrogen-bond donors (Lipinski definition) is 1. The molecule has 0 aliphatic rings. The molecule has 0 atom stereocenters. The smallest absolute Gasteiger partial charge is 0.199 e. The first kappa shape index (κ1) is 12.8. The highest BCUT2D eigenvalue weighted by molar-refractivity contribution is 9.10. The van der Waals surface area contributed by atoms with Crippen molar-refractivity contribution in [3.05, 3.63) is 38.3 Å². The van der Waals surface area contributed by atoms with Gasteiger partial charge in [0.05, 0.1) is 10.7 Å². The largest absolute Gasteiger partial charge is 0.272 e. The first-order chi connectivity index (χ1) is 8.00. The molecule has 0 radical (unpaired) electrons. The van der Waals surface area contributed by atoms with Crippen LogP contribution in [-0.4, -0.2) is 14.8 Å². The number of H-pyrrole nitrogens is 1. The van der Waals surface area contributed by atoms with Crippen molar-refractivity contribution in [2.45, 2.75) is 19.8 Å². The summed E-state index contributed by atoms with van der Waals surface area (Å²) in [6, 6.07) is 5.71. The summed E-state index contributed by atoms with van der Waals surface area (Å²) in [5.41, 5.74) is 0.917. The quantitative estimate of drug-likeness (QED) is 0.823. The number of aromatic nitrogens is 3. The molecule has 0 amide bonds. The minimum atomic E-state index is 0.283. The van der Waals surface area contributed by atoms with Gasteiger partial charge in [-0.3, -0.25) is 9.67 Å². The highest BCUT2D eigenvalue weighted by atomic mass is 79.9. The van der Waals surface area contributed by atoms with Crippen LogP contribution in [0.2, 0.25) is 5.02 Å². The Labute approximate surface area is 118 Å². The SMILES string of the molecule is CC(C)c1n[nH]c(=S)n1-c1ccc(Br)c(Cl)c1. The third kappa shape index (κ3) is 2.46. The molecule has 0 aliphatic heterocycles. The van der Waals surface area contributed by atoms with Crippen LogP contribution < -0.4 is 0 Å². The van der Waals surface area contributed by atoms with Gasteiger partial charge in [-0.25, -0.2) is 0 Å². The van der Waals surface area contributed by atoms with Crippen molar-refractivity contribution in [3.63, 3.8) is 0 Å². The van der Waals surface area contributed by atoms with Gasteiger partial charge in [-0.1, -0.05) is 25.4 Å². The summed E-state index contributed by atoms with van der Waals surface area (Å²) in [6.45, 7) is 4.14. The summed E-state index contributed by atoms with van der Waals surface area (Å²) in [5, 5.41) is 7.70. The third-order valence-corrected chi connectivity index (χ3v) is 3.88. The lowest BCUT2D eigenvalue weighted by molar-refractivity contribution is 0.744. The van der Waals surface area contributed by atoms with E-state index >= 15 is 0 Å². The maximum atomic E-state index is 6.09. The van der Waals surface area contributed by atoms with Crippen molar-refractivity contribution in [3.8, 4) is 5.69 Å². The van der Waals surface area contributed by atoms with Crippen molar-refractivity contribution in [1.82, 2.24) is 14.8 Å². The van der Waals surface area contributed by atoms with Crippen LogP contribution in [-0.2, 0) is 0 Å². The topological polar surface area (TPSA) is 33.6 Å². The predicted octanol–water partition coefficient (Wildman–Crippen LogP) is 4.47. The number of hydrogen-bond acceptors (Lipinski definition) is 2. The molecule has 90 valence electrons. The normalized spacial score (nSPS) is 11.1. The molecule has 0 bridgehead atoms. The van der Waals surface area contributed by atoms with E-state index in [0.717, 1.165) is 16.0 Å². The molecule has 0 fully saturated rings. The van der Waals surface area contributed by atoms with Crippen LogP contribution in [0, 0.1) is 4.77 Å². The van der Waals surface area contributed by atoms with Crippen LogP contribution in [0.3, 0.4) is 0 Å². The van der Waals surface area contributed by atoms with Crippen molar-refractivity contribution in [1.29, 1.82) is 0 Å². The number of nitrogens with one attached hydrogen (secondary N) is 1. The second-order valence-electron chi connectivity index (χ2n) is 3.98. The van der Waals surface area contributed by atoms with Crippen molar-refractivity contribution >= 4 is 39.7 Å². The van der Waals surface area contributed by atoms with Gasteiger partial charge in [-0.2, -0.15) is 5.10 Å². The van der Waals surface area contributed by atoms with Gasteiger partial charge in [0.15, 0.2) is 4.77 Å². The van der Waals surface area contributed by atoms with E-state index in [-0.39, 0.29) is 5.92 Å². The van der Waals surface area contributed by atoms with Crippen molar-refractivity contribution < 1.29 is 0 Å². The number of benzene rings is 1. The minimum Gasteiger partial charge on any atom is -0.272 e. The van der Waals surface area contributed by atoms with E-state index in [1.807, 2.05) is 22.8 Å². The zero-order chi connectivity index (χ0) is 12.6. The molecule has 1 heterocycles. The first-order valence-electron chi connectivity index (χ1n) is 5.13. The molecule has 0 unspecified atom stereocenters. The molecular weight excluding hydrogens is 322 g/mol. The van der Waals surface area contributed by atoms with Gasteiger partial charge in [-0.05, 0) is 46.3 Å². The molecule has 0 saturated carbocycles. The minimum absolute atomic E-state index is 0.283. The average molecular weight is 333 g/mol. The Bertz CT molecular complexity index is 603. The van der Waals surface area contributed by atoms with E-state index in [4.69, 9.17) is 23.8 Å². The molecule has 2 rings (SSSR count). The average Bonchev–Trinajstić information content (AvgIpc) is 2.64. The van der Waals surface area contributed by atoms with Gasteiger partial charge < -0.3 is 0 Å². The number of rotatable bonds is 2. The molecule has 0 saturated heterocycles. The molecule has 6 heteroatoms. The van der Waals surface area contributed by atoms with Crippen LogP contribution in [0.5, 0.6) is 0 Å². The molecule has 1 aromatic heterocycles. The molecular formula is C11H11BrClN3S. The van der Waals surface area contributed by atoms with E-state index in [0.29, 0.717) is 9.79 Å². The van der Waals surface area contributed by atoms with E-state index in [9.17, 15) is 0 Å². The fraction of sp³-hybridized carbons (Fsp3) is 0.273. The molecule has 1 aromatic carbocycles. The van der Waals surface area contributed by atoms with Crippen LogP contribution in [0.1, 0.15) is 25.6 Å². The van der Waals surface area contributed by atoms with Gasteiger partial charge in [0.1, 0.15) is 5.82 Å².